The number of benzene rings is 2. The number of nitro benzene ring substituents is 1. The molecule has 19 heavy (non-hydrogen) atoms. The van der Waals surface area contributed by atoms with E-state index in [0.717, 1.165) is 18.2 Å². The summed E-state index contributed by atoms with van der Waals surface area (Å²) in [6.07, 6.45) is 0. The van der Waals surface area contributed by atoms with Crippen molar-refractivity contribution >= 4 is 11.5 Å². The number of hydrogen-bond acceptors (Lipinski definition) is 4. The number of phenols is 1. The number of halogens is 1. The Morgan fingerprint density at radius 1 is 1.16 bits per heavy atom. The first-order valence-corrected chi connectivity index (χ1v) is 5.26. The van der Waals surface area contributed by atoms with Crippen molar-refractivity contribution in [2.45, 2.75) is 0 Å². The lowest BCUT2D eigenvalue weighted by atomic mass is 10.0. The van der Waals surface area contributed by atoms with Gasteiger partial charge in [-0.1, -0.05) is 0 Å². The largest absolute Gasteiger partial charge is 0.507 e. The molecule has 96 valence electrons. The molecule has 0 fully saturated rings. The molecule has 0 heterocycles. The molecule has 0 saturated carbocycles. The van der Waals surface area contributed by atoms with Crippen LogP contribution in [0.5, 0.6) is 5.75 Å². The zero-order chi connectivity index (χ0) is 14.0. The highest BCUT2D eigenvalue weighted by molar-refractivity contribution is 6.10. The normalized spacial score (nSPS) is 10.2. The van der Waals surface area contributed by atoms with E-state index < -0.39 is 16.5 Å². The topological polar surface area (TPSA) is 80.4 Å². The predicted octanol–water partition coefficient (Wildman–Crippen LogP) is 2.67. The van der Waals surface area contributed by atoms with E-state index in [0.29, 0.717) is 0 Å². The number of nitro groups is 1. The second-order valence-electron chi connectivity index (χ2n) is 3.79. The molecule has 2 aromatic carbocycles. The van der Waals surface area contributed by atoms with Crippen molar-refractivity contribution in [1.29, 1.82) is 0 Å². The zero-order valence-electron chi connectivity index (χ0n) is 9.54. The fourth-order valence-electron chi connectivity index (χ4n) is 1.58. The van der Waals surface area contributed by atoms with E-state index >= 15 is 0 Å². The number of ketones is 1. The number of carbonyl (C=O) groups excluding carboxylic acids is 1. The van der Waals surface area contributed by atoms with Gasteiger partial charge in [-0.15, -0.1) is 0 Å². The van der Waals surface area contributed by atoms with Crippen LogP contribution in [0.15, 0.2) is 42.5 Å². The molecular weight excluding hydrogens is 253 g/mol. The van der Waals surface area contributed by atoms with E-state index in [1.165, 1.54) is 24.3 Å². The second-order valence-corrected chi connectivity index (χ2v) is 3.79. The molecule has 1 N–H and O–H groups in total. The van der Waals surface area contributed by atoms with Crippen LogP contribution in [0, 0.1) is 15.9 Å². The molecule has 0 spiro atoms. The Labute approximate surface area is 107 Å². The summed E-state index contributed by atoms with van der Waals surface area (Å²) in [4.78, 5) is 21.9. The van der Waals surface area contributed by atoms with Gasteiger partial charge < -0.3 is 5.11 Å². The molecule has 0 bridgehead atoms. The Kier molecular flexibility index (Phi) is 3.24. The number of non-ortho nitro benzene ring substituents is 1. The van der Waals surface area contributed by atoms with Gasteiger partial charge in [0.05, 0.1) is 10.5 Å². The van der Waals surface area contributed by atoms with Gasteiger partial charge in [0, 0.05) is 17.7 Å². The Morgan fingerprint density at radius 3 is 2.37 bits per heavy atom. The van der Waals surface area contributed by atoms with Crippen LogP contribution in [0.3, 0.4) is 0 Å². The first-order valence-electron chi connectivity index (χ1n) is 5.26. The minimum atomic E-state index is -0.650. The molecule has 0 aliphatic carbocycles. The van der Waals surface area contributed by atoms with Gasteiger partial charge in [0.15, 0.2) is 5.78 Å². The number of rotatable bonds is 3. The quantitative estimate of drug-likeness (QED) is 0.523. The van der Waals surface area contributed by atoms with E-state index in [1.807, 2.05) is 0 Å². The van der Waals surface area contributed by atoms with Gasteiger partial charge in [-0.3, -0.25) is 14.9 Å². The summed E-state index contributed by atoms with van der Waals surface area (Å²) in [5.41, 5.74) is -0.208. The van der Waals surface area contributed by atoms with Crippen LogP contribution in [-0.4, -0.2) is 15.8 Å². The molecule has 5 nitrogen and oxygen atoms in total. The lowest BCUT2D eigenvalue weighted by molar-refractivity contribution is -0.384. The van der Waals surface area contributed by atoms with Crippen molar-refractivity contribution in [2.75, 3.05) is 0 Å². The highest BCUT2D eigenvalue weighted by Gasteiger charge is 2.15. The minimum absolute atomic E-state index is 0.131. The Morgan fingerprint density at radius 2 is 1.79 bits per heavy atom. The number of hydrogen-bond donors (Lipinski definition) is 1. The summed E-state index contributed by atoms with van der Waals surface area (Å²) in [5.74, 6) is -1.60. The molecule has 0 aliphatic rings. The van der Waals surface area contributed by atoms with Crippen molar-refractivity contribution in [3.05, 3.63) is 69.5 Å². The molecule has 0 unspecified atom stereocenters. The fraction of sp³-hybridized carbons (Fsp3) is 0. The number of carbonyl (C=O) groups is 1. The van der Waals surface area contributed by atoms with Gasteiger partial charge in [0.2, 0.25) is 0 Å². The third-order valence-electron chi connectivity index (χ3n) is 2.54. The van der Waals surface area contributed by atoms with Gasteiger partial charge in [-0.2, -0.15) is 0 Å². The third kappa shape index (κ3) is 2.57. The molecule has 6 heteroatoms. The summed E-state index contributed by atoms with van der Waals surface area (Å²) in [5, 5.41) is 20.0. The molecule has 2 aromatic rings. The van der Waals surface area contributed by atoms with Crippen LogP contribution in [-0.2, 0) is 0 Å². The van der Waals surface area contributed by atoms with Crippen LogP contribution in [0.1, 0.15) is 15.9 Å². The minimum Gasteiger partial charge on any atom is -0.507 e. The maximum atomic E-state index is 13.0. The number of phenolic OH excluding ortho intramolecular Hbond substituents is 1. The Hall–Kier alpha value is -2.76. The van der Waals surface area contributed by atoms with E-state index in [1.54, 1.807) is 0 Å². The maximum Gasteiger partial charge on any atom is 0.269 e. The summed E-state index contributed by atoms with van der Waals surface area (Å²) in [6.45, 7) is 0. The van der Waals surface area contributed by atoms with Crippen LogP contribution in [0.2, 0.25) is 0 Å². The molecule has 0 aromatic heterocycles. The highest BCUT2D eigenvalue weighted by Crippen LogP contribution is 2.22. The van der Waals surface area contributed by atoms with Gasteiger partial charge in [0.25, 0.3) is 5.69 Å². The fourth-order valence-corrected chi connectivity index (χ4v) is 1.58. The monoisotopic (exact) mass is 261 g/mol. The lowest BCUT2D eigenvalue weighted by Gasteiger charge is -2.04. The van der Waals surface area contributed by atoms with Crippen molar-refractivity contribution in [2.24, 2.45) is 0 Å². The average molecular weight is 261 g/mol. The maximum absolute atomic E-state index is 13.0. The summed E-state index contributed by atoms with van der Waals surface area (Å²) >= 11 is 0. The van der Waals surface area contributed by atoms with Crippen LogP contribution < -0.4 is 0 Å². The van der Waals surface area contributed by atoms with E-state index in [9.17, 15) is 24.4 Å². The SMILES string of the molecule is O=C(c1ccc([N+](=O)[O-])cc1)c1cc(F)ccc1O. The summed E-state index contributed by atoms with van der Waals surface area (Å²) in [6, 6.07) is 7.87. The van der Waals surface area contributed by atoms with Crippen LogP contribution in [0.25, 0.3) is 0 Å². The lowest BCUT2D eigenvalue weighted by Crippen LogP contribution is -2.02. The molecule has 0 amide bonds. The highest BCUT2D eigenvalue weighted by atomic mass is 19.1. The van der Waals surface area contributed by atoms with Crippen molar-refractivity contribution in [3.8, 4) is 5.75 Å². The Bertz CT molecular complexity index is 652. The third-order valence-corrected chi connectivity index (χ3v) is 2.54. The van der Waals surface area contributed by atoms with Crippen molar-refractivity contribution in [1.82, 2.24) is 0 Å². The van der Waals surface area contributed by atoms with E-state index in [2.05, 4.69) is 0 Å². The van der Waals surface area contributed by atoms with E-state index in [-0.39, 0.29) is 22.6 Å². The average Bonchev–Trinajstić information content (AvgIpc) is 2.41. The zero-order valence-corrected chi connectivity index (χ0v) is 9.54. The summed E-state index contributed by atoms with van der Waals surface area (Å²) in [7, 11) is 0. The number of nitrogens with zero attached hydrogens (tertiary/aromatic N) is 1. The number of aromatic hydroxyl groups is 1. The molecule has 0 aliphatic heterocycles. The van der Waals surface area contributed by atoms with Gasteiger partial charge >= 0.3 is 0 Å². The molecule has 0 saturated heterocycles. The van der Waals surface area contributed by atoms with Crippen LogP contribution >= 0.6 is 0 Å². The smallest absolute Gasteiger partial charge is 0.269 e. The van der Waals surface area contributed by atoms with Gasteiger partial charge in [0.1, 0.15) is 11.6 Å². The van der Waals surface area contributed by atoms with Crippen LogP contribution in [0.4, 0.5) is 10.1 Å². The Balaban J connectivity index is 2.38. The molecule has 0 atom stereocenters. The standard InChI is InChI=1S/C13H8FNO4/c14-9-3-6-12(16)11(7-9)13(17)8-1-4-10(5-2-8)15(18)19/h1-7,16H. The van der Waals surface area contributed by atoms with E-state index in [4.69, 9.17) is 0 Å². The molecular formula is C13H8FNO4. The molecule has 2 rings (SSSR count). The van der Waals surface area contributed by atoms with Crippen molar-refractivity contribution in [3.63, 3.8) is 0 Å². The second kappa shape index (κ2) is 4.85. The first-order chi connectivity index (χ1) is 8.99. The summed E-state index contributed by atoms with van der Waals surface area (Å²) < 4.78 is 13.0. The molecule has 0 radical (unpaired) electrons. The van der Waals surface area contributed by atoms with Crippen molar-refractivity contribution < 1.29 is 19.2 Å². The van der Waals surface area contributed by atoms with Gasteiger partial charge in [-0.25, -0.2) is 4.39 Å². The van der Waals surface area contributed by atoms with Gasteiger partial charge in [-0.05, 0) is 30.3 Å². The first kappa shape index (κ1) is 12.7. The predicted molar refractivity (Wildman–Crippen MR) is 64.6 cm³/mol.